The smallest absolute Gasteiger partial charge is 1.00 e. The van der Waals surface area contributed by atoms with Gasteiger partial charge in [-0.1, -0.05) is 0 Å². The number of rotatable bonds is 3. The number of fused-ring (bicyclic) bond motifs is 1. The molecule has 1 aromatic rings. The normalized spacial score (nSPS) is 24.6. The Labute approximate surface area is 165 Å². The fraction of sp³-hybridized carbons (Fsp3) is 0.455. The van der Waals surface area contributed by atoms with Gasteiger partial charge >= 0.3 is 157 Å². The molecule has 1 fully saturated rings. The minimum Gasteiger partial charge on any atom is -1.00 e. The number of halogens is 2. The van der Waals surface area contributed by atoms with E-state index in [0.29, 0.717) is 0 Å². The Balaban J connectivity index is 0.00000121. The number of benzene rings is 1. The quantitative estimate of drug-likeness (QED) is 0.576. The second kappa shape index (κ2) is 8.61. The summed E-state index contributed by atoms with van der Waals surface area (Å²) < 4.78 is 2.85. The molecule has 1 aliphatic heterocycles. The standard InChI is InChI=1S/C9H7.C9H13.C4H9Si.2FH.Zr/c1-2-5-9-7-3-6-8(9)4-1;1-6-5-7(2)9(4)8(6)3;1-2-4-5-3-1;;;/h1-7H;6H,1-4H3;5H,1-4H2;2*1H;/q;;;;;+2/p-2. The van der Waals surface area contributed by atoms with E-state index < -0.39 is 26.8 Å². The fourth-order valence-corrected chi connectivity index (χ4v) is 34.0. The monoisotopic (exact) mass is 449 g/mol. The molecule has 4 rings (SSSR count). The third-order valence-electron chi connectivity index (χ3n) is 6.88. The van der Waals surface area contributed by atoms with Gasteiger partial charge in [0.25, 0.3) is 0 Å². The van der Waals surface area contributed by atoms with Crippen molar-refractivity contribution in [1.82, 2.24) is 0 Å². The average molecular weight is 451 g/mol. The van der Waals surface area contributed by atoms with Crippen molar-refractivity contribution in [2.45, 2.75) is 56.3 Å². The molecule has 2 aliphatic carbocycles. The Morgan fingerprint density at radius 1 is 0.962 bits per heavy atom. The van der Waals surface area contributed by atoms with Gasteiger partial charge in [0, 0.05) is 0 Å². The first kappa shape index (κ1) is 21.7. The van der Waals surface area contributed by atoms with Crippen LogP contribution in [0.4, 0.5) is 0 Å². The first-order valence-corrected chi connectivity index (χ1v) is 18.7. The molecule has 0 bridgehead atoms. The van der Waals surface area contributed by atoms with Gasteiger partial charge in [0.15, 0.2) is 0 Å². The van der Waals surface area contributed by atoms with Crippen molar-refractivity contribution >= 4 is 12.0 Å². The van der Waals surface area contributed by atoms with Crippen molar-refractivity contribution in [2.75, 3.05) is 0 Å². The molecule has 3 aliphatic rings. The summed E-state index contributed by atoms with van der Waals surface area (Å²) in [6.07, 6.45) is 8.13. The van der Waals surface area contributed by atoms with E-state index in [9.17, 15) is 0 Å². The summed E-state index contributed by atoms with van der Waals surface area (Å²) in [6.45, 7) is 9.74. The molecule has 1 heterocycles. The second-order valence-electron chi connectivity index (χ2n) is 7.97. The Kier molecular flexibility index (Phi) is 7.18. The van der Waals surface area contributed by atoms with Gasteiger partial charge in [-0.25, -0.2) is 0 Å². The number of allylic oxidation sites excluding steroid dienone is 5. The van der Waals surface area contributed by atoms with E-state index in [2.05, 4.69) is 64.1 Å². The summed E-state index contributed by atoms with van der Waals surface area (Å²) in [4.78, 5) is 0. The zero-order valence-corrected chi connectivity index (χ0v) is 19.9. The van der Waals surface area contributed by atoms with Crippen molar-refractivity contribution in [3.8, 4) is 0 Å². The number of hydrogen-bond acceptors (Lipinski definition) is 0. The maximum Gasteiger partial charge on any atom is -1.00 e. The molecule has 2 unspecified atom stereocenters. The van der Waals surface area contributed by atoms with Crippen LogP contribution in [0.2, 0.25) is 12.1 Å². The summed E-state index contributed by atoms with van der Waals surface area (Å²) in [6, 6.07) is 12.5. The second-order valence-corrected chi connectivity index (χ2v) is 25.3. The molecule has 0 radical (unpaired) electrons. The molecule has 0 N–H and O–H groups in total. The Hall–Kier alpha value is -0.600. The fourth-order valence-electron chi connectivity index (χ4n) is 5.23. The van der Waals surface area contributed by atoms with Crippen LogP contribution >= 0.6 is 0 Å². The maximum atomic E-state index is 2.63. The summed E-state index contributed by atoms with van der Waals surface area (Å²) in [5, 5.41) is 0. The van der Waals surface area contributed by atoms with Crippen LogP contribution in [0.1, 0.15) is 55.3 Å². The van der Waals surface area contributed by atoms with Gasteiger partial charge in [-0.05, 0) is 0 Å². The molecule has 0 spiro atoms. The van der Waals surface area contributed by atoms with Gasteiger partial charge in [0.2, 0.25) is 0 Å². The predicted molar refractivity (Wildman–Crippen MR) is 104 cm³/mol. The third kappa shape index (κ3) is 3.44. The molecule has 1 saturated heterocycles. The van der Waals surface area contributed by atoms with Gasteiger partial charge < -0.3 is 9.41 Å². The van der Waals surface area contributed by atoms with Crippen LogP contribution in [0, 0.1) is 5.92 Å². The Morgan fingerprint density at radius 2 is 1.62 bits per heavy atom. The van der Waals surface area contributed by atoms with Gasteiger partial charge in [0.1, 0.15) is 0 Å². The molecular formula is C22H29F2SiZr. The molecular weight excluding hydrogens is 422 g/mol. The largest absolute Gasteiger partial charge is 1.00 e. The van der Waals surface area contributed by atoms with E-state index in [-0.39, 0.29) is 9.41 Å². The van der Waals surface area contributed by atoms with Crippen LogP contribution in [0.5, 0.6) is 0 Å². The summed E-state index contributed by atoms with van der Waals surface area (Å²) in [5.74, 6) is 0.212. The molecule has 0 aromatic heterocycles. The third-order valence-corrected chi connectivity index (χ3v) is 31.1. The Bertz CT molecular complexity index is 759. The van der Waals surface area contributed by atoms with Crippen molar-refractivity contribution in [1.29, 1.82) is 0 Å². The molecule has 0 nitrogen and oxygen atoms in total. The maximum absolute atomic E-state index is 2.63. The molecule has 139 valence electrons. The summed E-state index contributed by atoms with van der Waals surface area (Å²) in [7, 11) is 0. The molecule has 26 heavy (non-hydrogen) atoms. The van der Waals surface area contributed by atoms with E-state index >= 15 is 0 Å². The Morgan fingerprint density at radius 3 is 2.23 bits per heavy atom. The van der Waals surface area contributed by atoms with E-state index in [1.165, 1.54) is 18.4 Å². The van der Waals surface area contributed by atoms with Crippen molar-refractivity contribution in [3.63, 3.8) is 0 Å². The molecule has 0 amide bonds. The minimum absolute atomic E-state index is 0. The summed E-state index contributed by atoms with van der Waals surface area (Å²) in [5.41, 5.74) is 8.20. The van der Waals surface area contributed by atoms with Gasteiger partial charge in [-0.15, -0.1) is 0 Å². The van der Waals surface area contributed by atoms with Crippen LogP contribution < -0.4 is 9.41 Å². The van der Waals surface area contributed by atoms with Crippen molar-refractivity contribution < 1.29 is 30.3 Å². The van der Waals surface area contributed by atoms with Crippen LogP contribution in [0.25, 0.3) is 6.08 Å². The minimum atomic E-state index is -1.66. The van der Waals surface area contributed by atoms with E-state index in [1.807, 2.05) is 3.28 Å². The van der Waals surface area contributed by atoms with Gasteiger partial charge in [-0.3, -0.25) is 0 Å². The zero-order chi connectivity index (χ0) is 16.8. The first-order chi connectivity index (χ1) is 11.6. The summed E-state index contributed by atoms with van der Waals surface area (Å²) >= 11 is -1.66. The molecule has 2 atom stereocenters. The van der Waals surface area contributed by atoms with Gasteiger partial charge in [0.05, 0.1) is 0 Å². The molecule has 4 heteroatoms. The van der Waals surface area contributed by atoms with Crippen LogP contribution in [0.3, 0.4) is 0 Å². The van der Waals surface area contributed by atoms with E-state index in [4.69, 9.17) is 0 Å². The zero-order valence-electron chi connectivity index (χ0n) is 16.3. The number of hydrogen-bond donors (Lipinski definition) is 0. The topological polar surface area (TPSA) is 0 Å². The molecule has 0 saturated carbocycles. The van der Waals surface area contributed by atoms with E-state index in [1.54, 1.807) is 34.4 Å². The average Bonchev–Trinajstić information content (AvgIpc) is 3.30. The van der Waals surface area contributed by atoms with Crippen LogP contribution in [-0.2, 0) is 20.9 Å². The SMILES string of the molecule is CC1=C(C)C(C)[C]([Zr+2]([CH]2C=Cc3ccccc32)[SiH]2CCCC2)=C1C.[F-].[F-]. The first-order valence-electron chi connectivity index (χ1n) is 9.62. The molecule has 1 aromatic carbocycles. The van der Waals surface area contributed by atoms with Crippen LogP contribution in [0.15, 0.2) is 50.3 Å². The van der Waals surface area contributed by atoms with Gasteiger partial charge in [-0.2, -0.15) is 0 Å². The van der Waals surface area contributed by atoms with Crippen molar-refractivity contribution in [2.24, 2.45) is 5.92 Å². The predicted octanol–water partition coefficient (Wildman–Crippen LogP) is 0.158. The van der Waals surface area contributed by atoms with Crippen molar-refractivity contribution in [3.05, 3.63) is 61.5 Å². The van der Waals surface area contributed by atoms with E-state index in [0.717, 1.165) is 9.54 Å². The van der Waals surface area contributed by atoms with Crippen LogP contribution in [-0.4, -0.2) is 5.92 Å².